The minimum atomic E-state index is -1.31. The van der Waals surface area contributed by atoms with Crippen LogP contribution < -0.4 is 0 Å². The van der Waals surface area contributed by atoms with Gasteiger partial charge in [0.25, 0.3) is 0 Å². The largest absolute Gasteiger partial charge is 0.389 e. The third-order valence-electron chi connectivity index (χ3n) is 2.10. The van der Waals surface area contributed by atoms with Crippen LogP contribution in [0.5, 0.6) is 0 Å². The third kappa shape index (κ3) is 4.27. The van der Waals surface area contributed by atoms with E-state index in [4.69, 9.17) is 11.6 Å². The molecule has 0 aromatic heterocycles. The smallest absolute Gasteiger partial charge is 0.185 e. The standard InChI is InChI=1S/C11H12ClFO3S/c1-6(14)17-5-10(15)11(16)8-4-7(13)2-3-9(8)12/h2-4,10-11,15-16H,5H2,1H3. The molecule has 0 aliphatic carbocycles. The summed E-state index contributed by atoms with van der Waals surface area (Å²) in [5.41, 5.74) is 0.114. The number of halogens is 2. The van der Waals surface area contributed by atoms with Gasteiger partial charge in [-0.1, -0.05) is 23.4 Å². The van der Waals surface area contributed by atoms with Gasteiger partial charge in [0.05, 0.1) is 6.10 Å². The van der Waals surface area contributed by atoms with Crippen LogP contribution in [-0.2, 0) is 4.79 Å². The van der Waals surface area contributed by atoms with Crippen molar-refractivity contribution in [3.05, 3.63) is 34.6 Å². The highest BCUT2D eigenvalue weighted by Gasteiger charge is 2.21. The predicted octanol–water partition coefficient (Wildman–Crippen LogP) is 2.15. The van der Waals surface area contributed by atoms with Crippen molar-refractivity contribution in [2.24, 2.45) is 0 Å². The number of carbonyl (C=O) groups excluding carboxylic acids is 1. The number of hydrogen-bond donors (Lipinski definition) is 2. The van der Waals surface area contributed by atoms with Gasteiger partial charge < -0.3 is 10.2 Å². The highest BCUT2D eigenvalue weighted by Crippen LogP contribution is 2.27. The zero-order valence-corrected chi connectivity index (χ0v) is 10.6. The van der Waals surface area contributed by atoms with E-state index in [1.165, 1.54) is 13.0 Å². The second-order valence-corrected chi connectivity index (χ2v) is 5.08. The molecule has 0 amide bonds. The molecule has 0 aliphatic rings. The van der Waals surface area contributed by atoms with Crippen LogP contribution in [0.4, 0.5) is 4.39 Å². The van der Waals surface area contributed by atoms with Gasteiger partial charge in [-0.05, 0) is 18.2 Å². The van der Waals surface area contributed by atoms with E-state index in [-0.39, 0.29) is 21.5 Å². The van der Waals surface area contributed by atoms with E-state index in [1.807, 2.05) is 0 Å². The minimum absolute atomic E-state index is 0.0311. The Morgan fingerprint density at radius 3 is 2.76 bits per heavy atom. The van der Waals surface area contributed by atoms with Crippen molar-refractivity contribution < 1.29 is 19.4 Å². The molecular weight excluding hydrogens is 267 g/mol. The summed E-state index contributed by atoms with van der Waals surface area (Å²) < 4.78 is 13.0. The lowest BCUT2D eigenvalue weighted by Crippen LogP contribution is -2.21. The van der Waals surface area contributed by atoms with Crippen molar-refractivity contribution in [1.29, 1.82) is 0 Å². The van der Waals surface area contributed by atoms with Crippen molar-refractivity contribution in [2.45, 2.75) is 19.1 Å². The fourth-order valence-electron chi connectivity index (χ4n) is 1.24. The molecular formula is C11H12ClFO3S. The van der Waals surface area contributed by atoms with Crippen LogP contribution in [0.3, 0.4) is 0 Å². The monoisotopic (exact) mass is 278 g/mol. The summed E-state index contributed by atoms with van der Waals surface area (Å²) in [5.74, 6) is -0.515. The minimum Gasteiger partial charge on any atom is -0.389 e. The molecule has 0 fully saturated rings. The molecule has 2 N–H and O–H groups in total. The van der Waals surface area contributed by atoms with Crippen LogP contribution in [0, 0.1) is 5.82 Å². The lowest BCUT2D eigenvalue weighted by molar-refractivity contribution is -0.109. The lowest BCUT2D eigenvalue weighted by atomic mass is 10.1. The Kier molecular flexibility index (Phi) is 5.39. The average Bonchev–Trinajstić information content (AvgIpc) is 2.28. The van der Waals surface area contributed by atoms with E-state index < -0.39 is 18.0 Å². The zero-order valence-electron chi connectivity index (χ0n) is 9.06. The van der Waals surface area contributed by atoms with Crippen molar-refractivity contribution >= 4 is 28.5 Å². The number of carbonyl (C=O) groups is 1. The molecule has 1 aromatic rings. The zero-order chi connectivity index (χ0) is 13.0. The van der Waals surface area contributed by atoms with Gasteiger partial charge in [0, 0.05) is 23.3 Å². The van der Waals surface area contributed by atoms with Gasteiger partial charge in [-0.2, -0.15) is 0 Å². The second-order valence-electron chi connectivity index (χ2n) is 3.48. The average molecular weight is 279 g/mol. The number of aliphatic hydroxyl groups is 2. The molecule has 1 rings (SSSR count). The lowest BCUT2D eigenvalue weighted by Gasteiger charge is -2.18. The van der Waals surface area contributed by atoms with E-state index in [9.17, 15) is 19.4 Å². The summed E-state index contributed by atoms with van der Waals surface area (Å²) >= 11 is 6.67. The predicted molar refractivity (Wildman–Crippen MR) is 65.5 cm³/mol. The SMILES string of the molecule is CC(=O)SCC(O)C(O)c1cc(F)ccc1Cl. The first-order valence-corrected chi connectivity index (χ1v) is 6.22. The Morgan fingerprint density at radius 2 is 2.18 bits per heavy atom. The van der Waals surface area contributed by atoms with Gasteiger partial charge in [0.1, 0.15) is 11.9 Å². The Bertz CT molecular complexity index is 414. The summed E-state index contributed by atoms with van der Waals surface area (Å²) in [4.78, 5) is 10.7. The maximum absolute atomic E-state index is 13.0. The number of hydrogen-bond acceptors (Lipinski definition) is 4. The van der Waals surface area contributed by atoms with Gasteiger partial charge >= 0.3 is 0 Å². The van der Waals surface area contributed by atoms with Gasteiger partial charge in [0.2, 0.25) is 0 Å². The Balaban J connectivity index is 2.77. The van der Waals surface area contributed by atoms with Crippen LogP contribution in [0.2, 0.25) is 5.02 Å². The molecule has 0 bridgehead atoms. The van der Waals surface area contributed by atoms with Crippen molar-refractivity contribution in [3.8, 4) is 0 Å². The van der Waals surface area contributed by atoms with E-state index in [0.29, 0.717) is 0 Å². The number of rotatable bonds is 4. The summed E-state index contributed by atoms with van der Waals surface area (Å²) in [6.07, 6.45) is -2.49. The quantitative estimate of drug-likeness (QED) is 0.886. The molecule has 1 aromatic carbocycles. The first kappa shape index (κ1) is 14.4. The highest BCUT2D eigenvalue weighted by atomic mass is 35.5. The number of thioether (sulfide) groups is 1. The fraction of sp³-hybridized carbons (Fsp3) is 0.364. The summed E-state index contributed by atoms with van der Waals surface area (Å²) in [5, 5.41) is 19.4. The molecule has 3 nitrogen and oxygen atoms in total. The second kappa shape index (κ2) is 6.35. The first-order valence-electron chi connectivity index (χ1n) is 4.86. The van der Waals surface area contributed by atoms with Crippen molar-refractivity contribution in [3.63, 3.8) is 0 Å². The van der Waals surface area contributed by atoms with E-state index >= 15 is 0 Å². The molecule has 0 saturated carbocycles. The molecule has 94 valence electrons. The molecule has 0 spiro atoms. The highest BCUT2D eigenvalue weighted by molar-refractivity contribution is 8.13. The summed E-state index contributed by atoms with van der Waals surface area (Å²) in [6, 6.07) is 3.53. The van der Waals surface area contributed by atoms with Gasteiger partial charge in [0.15, 0.2) is 5.12 Å². The number of aliphatic hydroxyl groups excluding tert-OH is 2. The van der Waals surface area contributed by atoms with Crippen molar-refractivity contribution in [2.75, 3.05) is 5.75 Å². The molecule has 6 heteroatoms. The van der Waals surface area contributed by atoms with Gasteiger partial charge in [-0.25, -0.2) is 4.39 Å². The maximum Gasteiger partial charge on any atom is 0.185 e. The Morgan fingerprint density at radius 1 is 1.53 bits per heavy atom. The van der Waals surface area contributed by atoms with Gasteiger partial charge in [-0.15, -0.1) is 0 Å². The van der Waals surface area contributed by atoms with Crippen LogP contribution in [0.1, 0.15) is 18.6 Å². The van der Waals surface area contributed by atoms with Crippen LogP contribution in [0.25, 0.3) is 0 Å². The number of benzene rings is 1. The van der Waals surface area contributed by atoms with Crippen molar-refractivity contribution in [1.82, 2.24) is 0 Å². The van der Waals surface area contributed by atoms with Crippen LogP contribution in [-0.4, -0.2) is 27.2 Å². The van der Waals surface area contributed by atoms with E-state index in [2.05, 4.69) is 0 Å². The molecule has 0 aliphatic heterocycles. The summed E-state index contributed by atoms with van der Waals surface area (Å²) in [6.45, 7) is 1.36. The van der Waals surface area contributed by atoms with E-state index in [1.54, 1.807) is 0 Å². The maximum atomic E-state index is 13.0. The van der Waals surface area contributed by atoms with E-state index in [0.717, 1.165) is 23.9 Å². The molecule has 2 atom stereocenters. The van der Waals surface area contributed by atoms with Crippen LogP contribution >= 0.6 is 23.4 Å². The Hall–Kier alpha value is -0.620. The normalized spacial score (nSPS) is 14.4. The first-order chi connectivity index (χ1) is 7.91. The van der Waals surface area contributed by atoms with Crippen LogP contribution in [0.15, 0.2) is 18.2 Å². The Labute approximate surface area is 108 Å². The molecule has 0 saturated heterocycles. The van der Waals surface area contributed by atoms with Gasteiger partial charge in [-0.3, -0.25) is 4.79 Å². The molecule has 0 radical (unpaired) electrons. The molecule has 17 heavy (non-hydrogen) atoms. The fourth-order valence-corrected chi connectivity index (χ4v) is 2.06. The third-order valence-corrected chi connectivity index (χ3v) is 3.36. The topological polar surface area (TPSA) is 57.5 Å². The summed E-state index contributed by atoms with van der Waals surface area (Å²) in [7, 11) is 0. The molecule has 2 unspecified atom stereocenters. The molecule has 0 heterocycles.